The van der Waals surface area contributed by atoms with Crippen LogP contribution in [0.25, 0.3) is 11.0 Å². The van der Waals surface area contributed by atoms with E-state index in [9.17, 15) is 4.39 Å². The van der Waals surface area contributed by atoms with Gasteiger partial charge in [0.2, 0.25) is 0 Å². The molecule has 1 spiro atoms. The average Bonchev–Trinajstić information content (AvgIpc) is 3.22. The van der Waals surface area contributed by atoms with E-state index in [4.69, 9.17) is 4.52 Å². The molecule has 3 aliphatic heterocycles. The lowest BCUT2D eigenvalue weighted by atomic mass is 9.77. The first kappa shape index (κ1) is 15.2. The fourth-order valence-corrected chi connectivity index (χ4v) is 4.63. The molecule has 2 bridgehead atoms. The molecule has 3 saturated heterocycles. The Balaban J connectivity index is 0.00000135. The normalized spacial score (nSPS) is 30.4. The Labute approximate surface area is 140 Å². The van der Waals surface area contributed by atoms with Crippen molar-refractivity contribution in [2.45, 2.75) is 44.2 Å². The van der Waals surface area contributed by atoms with Gasteiger partial charge in [0.05, 0.1) is 5.39 Å². The van der Waals surface area contributed by atoms with Crippen LogP contribution >= 0.6 is 12.4 Å². The van der Waals surface area contributed by atoms with E-state index in [1.807, 2.05) is 0 Å². The maximum Gasteiger partial charge on any atom is 0.177 e. The smallest absolute Gasteiger partial charge is 0.177 e. The van der Waals surface area contributed by atoms with Crippen LogP contribution in [-0.2, 0) is 0 Å². The zero-order chi connectivity index (χ0) is 14.9. The lowest BCUT2D eigenvalue weighted by Crippen LogP contribution is -2.62. The number of halogens is 2. The van der Waals surface area contributed by atoms with Crippen molar-refractivity contribution in [2.24, 2.45) is 5.92 Å². The summed E-state index contributed by atoms with van der Waals surface area (Å²) in [5, 5.41) is 8.56. The summed E-state index contributed by atoms with van der Waals surface area (Å²) in [4.78, 5) is 2.65. The van der Waals surface area contributed by atoms with Gasteiger partial charge in [-0.15, -0.1) is 12.4 Å². The van der Waals surface area contributed by atoms with Gasteiger partial charge >= 0.3 is 0 Å². The predicted molar refractivity (Wildman–Crippen MR) is 89.6 cm³/mol. The Bertz CT molecular complexity index is 750. The highest BCUT2D eigenvalue weighted by Gasteiger charge is 2.60. The summed E-state index contributed by atoms with van der Waals surface area (Å²) in [6.45, 7) is 4.21. The summed E-state index contributed by atoms with van der Waals surface area (Å²) in [5.74, 6) is 1.21. The minimum absolute atomic E-state index is 0. The van der Waals surface area contributed by atoms with Crippen molar-refractivity contribution >= 4 is 29.2 Å². The number of hydrogen-bond acceptors (Lipinski definition) is 4. The monoisotopic (exact) mass is 337 g/mol. The van der Waals surface area contributed by atoms with Gasteiger partial charge < -0.3 is 9.84 Å². The maximum absolute atomic E-state index is 13.9. The molecule has 124 valence electrons. The topological polar surface area (TPSA) is 41.3 Å². The Morgan fingerprint density at radius 3 is 2.74 bits per heavy atom. The fraction of sp³-hybridized carbons (Fsp3) is 0.588. The van der Waals surface area contributed by atoms with Crippen LogP contribution in [0, 0.1) is 18.7 Å². The highest BCUT2D eigenvalue weighted by Crippen LogP contribution is 2.54. The summed E-state index contributed by atoms with van der Waals surface area (Å²) >= 11 is 0. The molecule has 1 saturated carbocycles. The molecule has 1 aromatic carbocycles. The molecule has 0 amide bonds. The van der Waals surface area contributed by atoms with Crippen LogP contribution < -0.4 is 5.32 Å². The fourth-order valence-electron chi connectivity index (χ4n) is 4.63. The molecule has 1 atom stereocenters. The second-order valence-corrected chi connectivity index (χ2v) is 7.18. The lowest BCUT2D eigenvalue weighted by Gasteiger charge is -2.52. The Morgan fingerprint density at radius 1 is 1.30 bits per heavy atom. The van der Waals surface area contributed by atoms with Gasteiger partial charge in [-0.25, -0.2) is 4.39 Å². The number of piperidine rings is 3. The van der Waals surface area contributed by atoms with Crippen molar-refractivity contribution in [2.75, 3.05) is 18.4 Å². The van der Waals surface area contributed by atoms with E-state index in [0.29, 0.717) is 34.5 Å². The number of nitrogens with one attached hydrogen (secondary N) is 1. The molecular weight excluding hydrogens is 317 g/mol. The van der Waals surface area contributed by atoms with Crippen LogP contribution in [0.2, 0.25) is 0 Å². The first-order valence-electron chi connectivity index (χ1n) is 8.24. The second-order valence-electron chi connectivity index (χ2n) is 7.18. The third-order valence-electron chi connectivity index (χ3n) is 6.03. The Morgan fingerprint density at radius 2 is 2.04 bits per heavy atom. The van der Waals surface area contributed by atoms with Gasteiger partial charge in [-0.05, 0) is 69.3 Å². The van der Waals surface area contributed by atoms with E-state index in [0.717, 1.165) is 5.39 Å². The number of benzene rings is 1. The molecule has 0 radical (unpaired) electrons. The van der Waals surface area contributed by atoms with Gasteiger partial charge in [0.1, 0.15) is 5.82 Å². The van der Waals surface area contributed by atoms with Crippen LogP contribution in [0.5, 0.6) is 0 Å². The van der Waals surface area contributed by atoms with E-state index >= 15 is 0 Å². The first-order valence-corrected chi connectivity index (χ1v) is 8.24. The number of nitrogens with zero attached hydrogens (tertiary/aromatic N) is 2. The van der Waals surface area contributed by atoms with E-state index in [1.54, 1.807) is 19.1 Å². The zero-order valence-corrected chi connectivity index (χ0v) is 14.0. The third kappa shape index (κ3) is 2.09. The van der Waals surface area contributed by atoms with E-state index in [2.05, 4.69) is 15.4 Å². The first-order chi connectivity index (χ1) is 10.7. The highest BCUT2D eigenvalue weighted by atomic mass is 35.5. The molecule has 4 fully saturated rings. The van der Waals surface area contributed by atoms with Crippen LogP contribution in [0.1, 0.15) is 31.2 Å². The summed E-state index contributed by atoms with van der Waals surface area (Å²) in [7, 11) is 0. The minimum Gasteiger partial charge on any atom is -0.362 e. The lowest BCUT2D eigenvalue weighted by molar-refractivity contribution is 0.0202. The van der Waals surface area contributed by atoms with Crippen molar-refractivity contribution in [1.29, 1.82) is 0 Å². The summed E-state index contributed by atoms with van der Waals surface area (Å²) in [6, 6.07) is 3.70. The number of aryl methyl sites for hydroxylation is 1. The Kier molecular flexibility index (Phi) is 3.36. The van der Waals surface area contributed by atoms with Gasteiger partial charge in [-0.1, -0.05) is 5.16 Å². The predicted octanol–water partition coefficient (Wildman–Crippen LogP) is 3.74. The molecule has 6 rings (SSSR count). The Hall–Kier alpha value is -1.33. The quantitative estimate of drug-likeness (QED) is 0.906. The van der Waals surface area contributed by atoms with E-state index in [1.165, 1.54) is 38.8 Å². The minimum atomic E-state index is -0.200. The molecule has 4 heterocycles. The number of rotatable bonds is 2. The van der Waals surface area contributed by atoms with Gasteiger partial charge in [0.15, 0.2) is 11.4 Å². The summed E-state index contributed by atoms with van der Waals surface area (Å²) in [5.41, 5.74) is 1.58. The molecule has 1 N–H and O–H groups in total. The second kappa shape index (κ2) is 5.08. The molecule has 23 heavy (non-hydrogen) atoms. The standard InChI is InChI=1S/C17H20FN3O.ClH/c1-10-8-14-12(9-13(10)18)16(20-22-14)19-15-11-2-6-21(7-3-11)17(15)4-5-17;/h8-9,11,15H,2-7H2,1H3,(H,19,20);1H/t15-;/m1./s1. The number of anilines is 1. The molecule has 1 aromatic heterocycles. The van der Waals surface area contributed by atoms with Crippen molar-refractivity contribution in [3.8, 4) is 0 Å². The van der Waals surface area contributed by atoms with E-state index in [-0.39, 0.29) is 18.2 Å². The van der Waals surface area contributed by atoms with Gasteiger partial charge in [-0.2, -0.15) is 0 Å². The van der Waals surface area contributed by atoms with Crippen molar-refractivity contribution in [3.63, 3.8) is 0 Å². The number of aromatic nitrogens is 1. The van der Waals surface area contributed by atoms with Crippen molar-refractivity contribution in [1.82, 2.24) is 10.1 Å². The van der Waals surface area contributed by atoms with Crippen LogP contribution in [-0.4, -0.2) is 34.7 Å². The molecule has 4 aliphatic rings. The SMILES string of the molecule is Cc1cc2onc(N[C@@H]3C4CCN(CC4)C34CC4)c2cc1F.Cl. The van der Waals surface area contributed by atoms with Crippen molar-refractivity contribution in [3.05, 3.63) is 23.5 Å². The molecule has 6 heteroatoms. The third-order valence-corrected chi connectivity index (χ3v) is 6.03. The van der Waals surface area contributed by atoms with Crippen molar-refractivity contribution < 1.29 is 8.91 Å². The number of hydrogen-bond donors (Lipinski definition) is 1. The largest absolute Gasteiger partial charge is 0.362 e. The average molecular weight is 338 g/mol. The molecule has 0 unspecified atom stereocenters. The van der Waals surface area contributed by atoms with Gasteiger partial charge in [0, 0.05) is 11.6 Å². The summed E-state index contributed by atoms with van der Waals surface area (Å²) in [6.07, 6.45) is 5.04. The van der Waals surface area contributed by atoms with Gasteiger partial charge in [-0.3, -0.25) is 4.90 Å². The maximum atomic E-state index is 13.9. The van der Waals surface area contributed by atoms with Crippen LogP contribution in [0.4, 0.5) is 10.2 Å². The van der Waals surface area contributed by atoms with Gasteiger partial charge in [0.25, 0.3) is 0 Å². The molecular formula is C17H21ClFN3O. The summed E-state index contributed by atoms with van der Waals surface area (Å²) < 4.78 is 19.3. The number of fused-ring (bicyclic) bond motifs is 3. The van der Waals surface area contributed by atoms with Crippen LogP contribution in [0.15, 0.2) is 16.7 Å². The van der Waals surface area contributed by atoms with Crippen LogP contribution in [0.3, 0.4) is 0 Å². The molecule has 1 aliphatic carbocycles. The molecule has 4 nitrogen and oxygen atoms in total. The zero-order valence-electron chi connectivity index (χ0n) is 13.1. The highest BCUT2D eigenvalue weighted by molar-refractivity contribution is 5.88. The molecule has 2 aromatic rings. The van der Waals surface area contributed by atoms with E-state index < -0.39 is 0 Å².